The van der Waals surface area contributed by atoms with Gasteiger partial charge < -0.3 is 9.84 Å². The van der Waals surface area contributed by atoms with Gasteiger partial charge in [-0.15, -0.1) is 0 Å². The van der Waals surface area contributed by atoms with E-state index in [1.165, 1.54) is 17.7 Å². The maximum atomic E-state index is 12.2. The quantitative estimate of drug-likeness (QED) is 0.879. The van der Waals surface area contributed by atoms with E-state index in [0.29, 0.717) is 17.0 Å². The van der Waals surface area contributed by atoms with Gasteiger partial charge in [-0.3, -0.25) is 0 Å². The minimum Gasteiger partial charge on any atom is -0.435 e. The molecule has 2 aromatic rings. The third-order valence-electron chi connectivity index (χ3n) is 3.32. The van der Waals surface area contributed by atoms with Gasteiger partial charge in [0.25, 0.3) is 0 Å². The molecule has 0 radical (unpaired) electrons. The Balaban J connectivity index is 2.20. The maximum Gasteiger partial charge on any atom is 0.387 e. The summed E-state index contributed by atoms with van der Waals surface area (Å²) in [4.78, 5) is 0. The summed E-state index contributed by atoms with van der Waals surface area (Å²) in [6.45, 7) is 1.32. The zero-order valence-corrected chi connectivity index (χ0v) is 12.0. The molecule has 0 aliphatic heterocycles. The summed E-state index contributed by atoms with van der Waals surface area (Å²) in [7, 11) is 0. The maximum absolute atomic E-state index is 12.2. The number of benzene rings is 2. The fraction of sp³-hybridized carbons (Fsp3) is 0.294. The number of hydrogen-bond acceptors (Lipinski definition) is 2. The van der Waals surface area contributed by atoms with Gasteiger partial charge >= 0.3 is 6.61 Å². The fourth-order valence-electron chi connectivity index (χ4n) is 2.12. The van der Waals surface area contributed by atoms with Crippen molar-refractivity contribution < 1.29 is 18.6 Å². The lowest BCUT2D eigenvalue weighted by molar-refractivity contribution is -0.0499. The summed E-state index contributed by atoms with van der Waals surface area (Å²) >= 11 is 0. The molecule has 2 aromatic carbocycles. The first-order valence-electron chi connectivity index (χ1n) is 6.80. The van der Waals surface area contributed by atoms with Gasteiger partial charge in [0.1, 0.15) is 11.9 Å². The van der Waals surface area contributed by atoms with Crippen LogP contribution in [-0.2, 0) is 0 Å². The third-order valence-corrected chi connectivity index (χ3v) is 3.32. The average Bonchev–Trinajstić information content (AvgIpc) is 2.46. The van der Waals surface area contributed by atoms with Crippen LogP contribution in [0, 0.1) is 0 Å². The number of hydrogen-bond donors (Lipinski definition) is 1. The molecule has 21 heavy (non-hydrogen) atoms. The standard InChI is InChI=1S/C17H18F2O2/c1-11(2)12-6-8-13(9-7-12)16(20)14-4-3-5-15(10-14)21-17(18)19/h3-11,16-17,20H,1-2H3. The normalized spacial score (nSPS) is 12.7. The molecular weight excluding hydrogens is 274 g/mol. The number of rotatable bonds is 5. The van der Waals surface area contributed by atoms with Crippen molar-refractivity contribution in [1.29, 1.82) is 0 Å². The lowest BCUT2D eigenvalue weighted by atomic mass is 9.97. The van der Waals surface area contributed by atoms with Crippen LogP contribution < -0.4 is 4.74 Å². The van der Waals surface area contributed by atoms with E-state index in [-0.39, 0.29) is 5.75 Å². The molecule has 2 rings (SSSR count). The molecule has 0 bridgehead atoms. The van der Waals surface area contributed by atoms with E-state index in [9.17, 15) is 13.9 Å². The number of ether oxygens (including phenoxy) is 1. The summed E-state index contributed by atoms with van der Waals surface area (Å²) < 4.78 is 28.8. The first kappa shape index (κ1) is 15.4. The van der Waals surface area contributed by atoms with Crippen molar-refractivity contribution in [3.05, 3.63) is 65.2 Å². The first-order valence-corrected chi connectivity index (χ1v) is 6.80. The minimum atomic E-state index is -2.87. The SMILES string of the molecule is CC(C)c1ccc(C(O)c2cccc(OC(F)F)c2)cc1. The van der Waals surface area contributed by atoms with Gasteiger partial charge in [0, 0.05) is 0 Å². The molecule has 0 heterocycles. The summed E-state index contributed by atoms with van der Waals surface area (Å²) in [6, 6.07) is 13.7. The van der Waals surface area contributed by atoms with E-state index in [1.807, 2.05) is 24.3 Å². The predicted octanol–water partition coefficient (Wildman–Crippen LogP) is 4.49. The zero-order valence-electron chi connectivity index (χ0n) is 12.0. The Hall–Kier alpha value is -1.94. The van der Waals surface area contributed by atoms with E-state index < -0.39 is 12.7 Å². The van der Waals surface area contributed by atoms with Crippen LogP contribution in [0.4, 0.5) is 8.78 Å². The molecule has 0 fully saturated rings. The number of aliphatic hydroxyl groups excluding tert-OH is 1. The van der Waals surface area contributed by atoms with Crippen LogP contribution >= 0.6 is 0 Å². The second kappa shape index (κ2) is 6.68. The smallest absolute Gasteiger partial charge is 0.387 e. The highest BCUT2D eigenvalue weighted by molar-refractivity contribution is 5.36. The molecule has 0 saturated heterocycles. The average molecular weight is 292 g/mol. The zero-order chi connectivity index (χ0) is 15.4. The highest BCUT2D eigenvalue weighted by Gasteiger charge is 2.13. The highest BCUT2D eigenvalue weighted by Crippen LogP contribution is 2.27. The van der Waals surface area contributed by atoms with Crippen LogP contribution in [0.2, 0.25) is 0 Å². The highest BCUT2D eigenvalue weighted by atomic mass is 19.3. The first-order chi connectivity index (χ1) is 9.97. The Morgan fingerprint density at radius 2 is 1.52 bits per heavy atom. The lowest BCUT2D eigenvalue weighted by Gasteiger charge is -2.14. The number of aliphatic hydroxyl groups is 1. The van der Waals surface area contributed by atoms with Crippen molar-refractivity contribution in [1.82, 2.24) is 0 Å². The lowest BCUT2D eigenvalue weighted by Crippen LogP contribution is -2.04. The largest absolute Gasteiger partial charge is 0.435 e. The summed E-state index contributed by atoms with van der Waals surface area (Å²) in [5.41, 5.74) is 2.42. The number of alkyl halides is 2. The molecule has 0 amide bonds. The van der Waals surface area contributed by atoms with Crippen molar-refractivity contribution in [3.63, 3.8) is 0 Å². The number of halogens is 2. The van der Waals surface area contributed by atoms with E-state index in [1.54, 1.807) is 12.1 Å². The van der Waals surface area contributed by atoms with E-state index >= 15 is 0 Å². The van der Waals surface area contributed by atoms with Gasteiger partial charge in [-0.2, -0.15) is 8.78 Å². The summed E-state index contributed by atoms with van der Waals surface area (Å²) in [6.07, 6.45) is -0.868. The van der Waals surface area contributed by atoms with Crippen LogP contribution in [0.25, 0.3) is 0 Å². The second-order valence-corrected chi connectivity index (χ2v) is 5.17. The topological polar surface area (TPSA) is 29.5 Å². The Morgan fingerprint density at radius 1 is 0.905 bits per heavy atom. The molecule has 0 saturated carbocycles. The molecule has 112 valence electrons. The van der Waals surface area contributed by atoms with Crippen LogP contribution in [-0.4, -0.2) is 11.7 Å². The Bertz CT molecular complexity index is 580. The van der Waals surface area contributed by atoms with Crippen molar-refractivity contribution >= 4 is 0 Å². The summed E-state index contributed by atoms with van der Waals surface area (Å²) in [5, 5.41) is 10.3. The van der Waals surface area contributed by atoms with Crippen LogP contribution in [0.5, 0.6) is 5.75 Å². The van der Waals surface area contributed by atoms with E-state index in [4.69, 9.17) is 0 Å². The third kappa shape index (κ3) is 4.02. The van der Waals surface area contributed by atoms with Crippen LogP contribution in [0.3, 0.4) is 0 Å². The molecule has 0 spiro atoms. The van der Waals surface area contributed by atoms with Crippen molar-refractivity contribution in [3.8, 4) is 5.75 Å². The molecule has 2 nitrogen and oxygen atoms in total. The molecule has 1 atom stereocenters. The molecule has 1 unspecified atom stereocenters. The summed E-state index contributed by atoms with van der Waals surface area (Å²) in [5.74, 6) is 0.458. The minimum absolute atomic E-state index is 0.0420. The molecule has 1 N–H and O–H groups in total. The Labute approximate surface area is 123 Å². The molecule has 4 heteroatoms. The van der Waals surface area contributed by atoms with E-state index in [2.05, 4.69) is 18.6 Å². The Morgan fingerprint density at radius 3 is 2.10 bits per heavy atom. The molecule has 0 aromatic heterocycles. The van der Waals surface area contributed by atoms with Gasteiger partial charge in [0.05, 0.1) is 0 Å². The molecular formula is C17H18F2O2. The molecule has 0 aliphatic carbocycles. The van der Waals surface area contributed by atoms with Crippen LogP contribution in [0.15, 0.2) is 48.5 Å². The van der Waals surface area contributed by atoms with Gasteiger partial charge in [0.15, 0.2) is 0 Å². The predicted molar refractivity (Wildman–Crippen MR) is 77.7 cm³/mol. The fourth-order valence-corrected chi connectivity index (χ4v) is 2.12. The Kier molecular flexibility index (Phi) is 4.91. The second-order valence-electron chi connectivity index (χ2n) is 5.17. The van der Waals surface area contributed by atoms with Crippen molar-refractivity contribution in [2.45, 2.75) is 32.5 Å². The van der Waals surface area contributed by atoms with Crippen molar-refractivity contribution in [2.24, 2.45) is 0 Å². The van der Waals surface area contributed by atoms with E-state index in [0.717, 1.165) is 0 Å². The van der Waals surface area contributed by atoms with Crippen molar-refractivity contribution in [2.75, 3.05) is 0 Å². The van der Waals surface area contributed by atoms with Gasteiger partial charge in [-0.05, 0) is 34.7 Å². The van der Waals surface area contributed by atoms with Gasteiger partial charge in [-0.1, -0.05) is 50.2 Å². The van der Waals surface area contributed by atoms with Gasteiger partial charge in [-0.25, -0.2) is 0 Å². The van der Waals surface area contributed by atoms with Gasteiger partial charge in [0.2, 0.25) is 0 Å². The molecule has 0 aliphatic rings. The van der Waals surface area contributed by atoms with Crippen LogP contribution in [0.1, 0.15) is 42.6 Å². The monoisotopic (exact) mass is 292 g/mol.